The summed E-state index contributed by atoms with van der Waals surface area (Å²) in [6.07, 6.45) is 1.65. The Bertz CT molecular complexity index is 1290. The number of nitrogens with one attached hydrogen (secondary N) is 1. The maximum absolute atomic E-state index is 13.1. The monoisotopic (exact) mass is 443 g/mol. The third-order valence-corrected chi connectivity index (χ3v) is 4.94. The van der Waals surface area contributed by atoms with Gasteiger partial charge in [-0.15, -0.1) is 0 Å². The molecule has 0 aliphatic carbocycles. The van der Waals surface area contributed by atoms with Gasteiger partial charge in [-0.2, -0.15) is 14.8 Å². The molecule has 0 bridgehead atoms. The van der Waals surface area contributed by atoms with E-state index in [9.17, 15) is 14.4 Å². The Hall–Kier alpha value is -4.53. The predicted octanol–water partition coefficient (Wildman–Crippen LogP) is 2.23. The molecule has 0 spiro atoms. The molecule has 2 aromatic carbocycles. The van der Waals surface area contributed by atoms with E-state index in [0.717, 1.165) is 11.1 Å². The van der Waals surface area contributed by atoms with Crippen molar-refractivity contribution in [1.82, 2.24) is 20.1 Å². The predicted molar refractivity (Wildman–Crippen MR) is 119 cm³/mol. The molecule has 166 valence electrons. The van der Waals surface area contributed by atoms with E-state index in [1.54, 1.807) is 31.2 Å². The Morgan fingerprint density at radius 1 is 1.06 bits per heavy atom. The van der Waals surface area contributed by atoms with Crippen LogP contribution in [0, 0.1) is 6.92 Å². The van der Waals surface area contributed by atoms with E-state index in [-0.39, 0.29) is 18.1 Å². The quantitative estimate of drug-likeness (QED) is 0.401. The largest absolute Gasteiger partial charge is 0.422 e. The summed E-state index contributed by atoms with van der Waals surface area (Å²) >= 11 is 0. The minimum atomic E-state index is -1.13. The highest BCUT2D eigenvalue weighted by atomic mass is 16.4. The summed E-state index contributed by atoms with van der Waals surface area (Å²) in [5.41, 5.74) is 7.44. The van der Waals surface area contributed by atoms with E-state index >= 15 is 0 Å². The zero-order valence-corrected chi connectivity index (χ0v) is 17.8. The van der Waals surface area contributed by atoms with Gasteiger partial charge in [0, 0.05) is 12.0 Å². The van der Waals surface area contributed by atoms with Gasteiger partial charge in [0.2, 0.25) is 5.78 Å². The van der Waals surface area contributed by atoms with Crippen molar-refractivity contribution in [2.75, 3.05) is 0 Å². The number of nitrogens with two attached hydrogens (primary N) is 1. The number of ketones is 1. The molecule has 0 aliphatic rings. The number of carbonyl (C=O) groups excluding carboxylic acids is 3. The molecule has 2 amide bonds. The molecule has 9 nitrogen and oxygen atoms in total. The summed E-state index contributed by atoms with van der Waals surface area (Å²) in [6.45, 7) is 1.71. The van der Waals surface area contributed by atoms with Crippen molar-refractivity contribution in [2.45, 2.75) is 19.4 Å². The number of hydrogen-bond acceptors (Lipinski definition) is 6. The first-order chi connectivity index (χ1) is 15.9. The number of Topliss-reactive ketones (excluding diaryl/α,β-unsaturated/α-hetero) is 1. The molecule has 1 unspecified atom stereocenters. The van der Waals surface area contributed by atoms with Gasteiger partial charge in [-0.25, -0.2) is 0 Å². The van der Waals surface area contributed by atoms with Crippen molar-refractivity contribution in [2.24, 2.45) is 5.73 Å². The molecule has 3 N–H and O–H groups in total. The lowest BCUT2D eigenvalue weighted by Crippen LogP contribution is -2.47. The lowest BCUT2D eigenvalue weighted by molar-refractivity contribution is -0.137. The van der Waals surface area contributed by atoms with Crippen LogP contribution in [-0.2, 0) is 16.0 Å². The van der Waals surface area contributed by atoms with Gasteiger partial charge in [-0.05, 0) is 18.6 Å². The van der Waals surface area contributed by atoms with Crippen LogP contribution in [0.25, 0.3) is 17.3 Å². The van der Waals surface area contributed by atoms with Crippen LogP contribution in [-0.4, -0.2) is 38.4 Å². The van der Waals surface area contributed by atoms with E-state index in [1.165, 1.54) is 16.9 Å². The second-order valence-electron chi connectivity index (χ2n) is 7.40. The smallest absolute Gasteiger partial charge is 0.324 e. The zero-order chi connectivity index (χ0) is 23.4. The fourth-order valence-electron chi connectivity index (χ4n) is 3.37. The van der Waals surface area contributed by atoms with Crippen LogP contribution in [0.4, 0.5) is 0 Å². The maximum Gasteiger partial charge on any atom is 0.324 e. The minimum Gasteiger partial charge on any atom is -0.422 e. The molecule has 2 aromatic heterocycles. The molecule has 0 saturated carbocycles. The molecule has 1 atom stereocenters. The second-order valence-corrected chi connectivity index (χ2v) is 7.40. The average molecular weight is 443 g/mol. The van der Waals surface area contributed by atoms with Crippen LogP contribution in [0.1, 0.15) is 21.7 Å². The Labute approximate surface area is 189 Å². The highest BCUT2D eigenvalue weighted by Crippen LogP contribution is 2.22. The molecule has 0 saturated heterocycles. The van der Waals surface area contributed by atoms with Crippen LogP contribution in [0.3, 0.4) is 0 Å². The molecule has 0 fully saturated rings. The first kappa shape index (κ1) is 21.7. The first-order valence-corrected chi connectivity index (χ1v) is 10.2. The van der Waals surface area contributed by atoms with E-state index in [1.807, 2.05) is 36.4 Å². The van der Waals surface area contributed by atoms with E-state index in [2.05, 4.69) is 15.4 Å². The number of rotatable bonds is 8. The normalized spacial score (nSPS) is 11.7. The molecule has 4 aromatic rings. The summed E-state index contributed by atoms with van der Waals surface area (Å²) < 4.78 is 7.07. The molecular formula is C24H21N5O4. The van der Waals surface area contributed by atoms with E-state index < -0.39 is 23.6 Å². The Morgan fingerprint density at radius 3 is 2.39 bits per heavy atom. The van der Waals surface area contributed by atoms with E-state index in [0.29, 0.717) is 11.5 Å². The third kappa shape index (κ3) is 4.87. The van der Waals surface area contributed by atoms with Gasteiger partial charge in [0.15, 0.2) is 5.76 Å². The number of hydrogen-bond donors (Lipinski definition) is 2. The Morgan fingerprint density at radius 2 is 1.73 bits per heavy atom. The van der Waals surface area contributed by atoms with Crippen LogP contribution >= 0.6 is 0 Å². The van der Waals surface area contributed by atoms with Gasteiger partial charge < -0.3 is 15.5 Å². The van der Waals surface area contributed by atoms with Crippen LogP contribution in [0.5, 0.6) is 0 Å². The van der Waals surface area contributed by atoms with Crippen molar-refractivity contribution >= 4 is 17.6 Å². The molecule has 0 radical (unpaired) electrons. The van der Waals surface area contributed by atoms with Crippen molar-refractivity contribution in [3.05, 3.63) is 89.9 Å². The number of aromatic nitrogens is 3. The lowest BCUT2D eigenvalue weighted by atomic mass is 10.0. The zero-order valence-electron chi connectivity index (χ0n) is 17.8. The number of oxazole rings is 1. The highest BCUT2D eigenvalue weighted by molar-refractivity contribution is 6.38. The molecule has 33 heavy (non-hydrogen) atoms. The van der Waals surface area contributed by atoms with Gasteiger partial charge in [-0.1, -0.05) is 60.7 Å². The lowest BCUT2D eigenvalue weighted by Gasteiger charge is -2.16. The van der Waals surface area contributed by atoms with Gasteiger partial charge in [0.25, 0.3) is 11.8 Å². The number of primary amides is 1. The van der Waals surface area contributed by atoms with E-state index in [4.69, 9.17) is 10.2 Å². The Kier molecular flexibility index (Phi) is 6.12. The molecule has 0 aliphatic heterocycles. The molecule has 9 heteroatoms. The number of amides is 2. The van der Waals surface area contributed by atoms with Gasteiger partial charge in [-0.3, -0.25) is 14.4 Å². The molecule has 4 rings (SSSR count). The Balaban J connectivity index is 1.61. The maximum atomic E-state index is 13.1. The molecular weight excluding hydrogens is 422 g/mol. The fourth-order valence-corrected chi connectivity index (χ4v) is 3.37. The summed E-state index contributed by atoms with van der Waals surface area (Å²) in [7, 11) is 0. The molecule has 2 heterocycles. The minimum absolute atomic E-state index is 0.0907. The van der Waals surface area contributed by atoms with Crippen LogP contribution in [0.2, 0.25) is 0 Å². The first-order valence-electron chi connectivity index (χ1n) is 10.2. The van der Waals surface area contributed by atoms with Crippen LogP contribution in [0.15, 0.2) is 77.3 Å². The standard InChI is InChI=1S/C24H21N5O4/c1-15-12-19(29(28-15)24-26-14-20(33-24)17-10-6-3-7-11-17)23(32)27-18(21(30)22(25)31)13-16-8-4-2-5-9-16/h2-12,14,18H,13H2,1H3,(H2,25,31)(H,27,32). The number of carbonyl (C=O) groups is 3. The third-order valence-electron chi connectivity index (χ3n) is 4.94. The van der Waals surface area contributed by atoms with Gasteiger partial charge in [0.05, 0.1) is 11.9 Å². The topological polar surface area (TPSA) is 133 Å². The van der Waals surface area contributed by atoms with Crippen molar-refractivity contribution in [3.8, 4) is 17.3 Å². The van der Waals surface area contributed by atoms with Crippen molar-refractivity contribution < 1.29 is 18.8 Å². The SMILES string of the molecule is Cc1cc(C(=O)NC(Cc2ccccc2)C(=O)C(N)=O)n(-c2ncc(-c3ccccc3)o2)n1. The number of benzene rings is 2. The number of nitrogens with zero attached hydrogens (tertiary/aromatic N) is 3. The summed E-state index contributed by atoms with van der Waals surface area (Å²) in [6, 6.07) is 18.9. The summed E-state index contributed by atoms with van der Waals surface area (Å²) in [5, 5.41) is 6.91. The average Bonchev–Trinajstić information content (AvgIpc) is 3.46. The van der Waals surface area contributed by atoms with Crippen LogP contribution < -0.4 is 11.1 Å². The summed E-state index contributed by atoms with van der Waals surface area (Å²) in [4.78, 5) is 41.3. The highest BCUT2D eigenvalue weighted by Gasteiger charge is 2.28. The second kappa shape index (κ2) is 9.31. The van der Waals surface area contributed by atoms with Crippen molar-refractivity contribution in [1.29, 1.82) is 0 Å². The summed E-state index contributed by atoms with van der Waals surface area (Å²) in [5.74, 6) is -2.12. The number of aryl methyl sites for hydroxylation is 1. The fraction of sp³-hybridized carbons (Fsp3) is 0.125. The van der Waals surface area contributed by atoms with Gasteiger partial charge >= 0.3 is 6.01 Å². The van der Waals surface area contributed by atoms with Crippen molar-refractivity contribution in [3.63, 3.8) is 0 Å². The van der Waals surface area contributed by atoms with Gasteiger partial charge in [0.1, 0.15) is 11.7 Å².